The van der Waals surface area contributed by atoms with Crippen molar-refractivity contribution >= 4 is 27.4 Å². The number of aryl methyl sites for hydroxylation is 2. The second-order valence-electron chi connectivity index (χ2n) is 7.61. The van der Waals surface area contributed by atoms with Crippen molar-refractivity contribution < 1.29 is 0 Å². The van der Waals surface area contributed by atoms with Crippen molar-refractivity contribution in [2.75, 3.05) is 18.4 Å². The lowest BCUT2D eigenvalue weighted by Gasteiger charge is -2.32. The zero-order chi connectivity index (χ0) is 15.9. The van der Waals surface area contributed by atoms with Crippen LogP contribution in [0.25, 0.3) is 10.2 Å². The summed E-state index contributed by atoms with van der Waals surface area (Å²) in [6.07, 6.45) is 13.5. The first-order valence-electron chi connectivity index (χ1n) is 9.66. The molecule has 4 nitrogen and oxygen atoms in total. The Bertz CT molecular complexity index is 740. The van der Waals surface area contributed by atoms with Crippen LogP contribution in [0.15, 0.2) is 6.33 Å². The number of rotatable bonds is 2. The summed E-state index contributed by atoms with van der Waals surface area (Å²) in [5.41, 5.74) is 1.55. The Kier molecular flexibility index (Phi) is 3.94. The minimum atomic E-state index is 0.560. The molecule has 2 saturated heterocycles. The van der Waals surface area contributed by atoms with Crippen LogP contribution < -0.4 is 5.32 Å². The normalized spacial score (nSPS) is 27.7. The number of nitrogens with one attached hydrogen (secondary N) is 1. The summed E-state index contributed by atoms with van der Waals surface area (Å²) in [7, 11) is 0. The van der Waals surface area contributed by atoms with Gasteiger partial charge in [0.2, 0.25) is 0 Å². The van der Waals surface area contributed by atoms with E-state index in [4.69, 9.17) is 0 Å². The van der Waals surface area contributed by atoms with E-state index in [1.165, 1.54) is 81.1 Å². The van der Waals surface area contributed by atoms with Crippen LogP contribution in [-0.4, -0.2) is 40.0 Å². The molecule has 24 heavy (non-hydrogen) atoms. The third-order valence-electron chi connectivity index (χ3n) is 6.18. The van der Waals surface area contributed by atoms with Crippen LogP contribution >= 0.6 is 11.3 Å². The Balaban J connectivity index is 1.49. The Morgan fingerprint density at radius 1 is 1.00 bits per heavy atom. The summed E-state index contributed by atoms with van der Waals surface area (Å²) < 4.78 is 0. The van der Waals surface area contributed by atoms with Crippen LogP contribution in [0.3, 0.4) is 0 Å². The third kappa shape index (κ3) is 2.53. The topological polar surface area (TPSA) is 41.1 Å². The van der Waals surface area contributed by atoms with Crippen molar-refractivity contribution in [3.8, 4) is 0 Å². The van der Waals surface area contributed by atoms with Gasteiger partial charge < -0.3 is 5.32 Å². The number of hydrogen-bond donors (Lipinski definition) is 1. The van der Waals surface area contributed by atoms with Gasteiger partial charge in [-0.2, -0.15) is 0 Å². The molecule has 5 heteroatoms. The first-order chi connectivity index (χ1) is 11.9. The molecule has 2 aromatic rings. The average Bonchev–Trinajstić information content (AvgIpc) is 3.10. The smallest absolute Gasteiger partial charge is 0.138 e. The van der Waals surface area contributed by atoms with Crippen LogP contribution in [0.4, 0.5) is 5.82 Å². The average molecular weight is 343 g/mol. The maximum atomic E-state index is 4.68. The van der Waals surface area contributed by atoms with Crippen molar-refractivity contribution in [1.82, 2.24) is 14.9 Å². The fraction of sp³-hybridized carbons (Fsp3) is 0.684. The van der Waals surface area contributed by atoms with E-state index in [9.17, 15) is 0 Å². The van der Waals surface area contributed by atoms with Gasteiger partial charge in [0.25, 0.3) is 0 Å². The van der Waals surface area contributed by atoms with E-state index in [0.29, 0.717) is 12.1 Å². The molecule has 0 saturated carbocycles. The van der Waals surface area contributed by atoms with Crippen LogP contribution in [0.5, 0.6) is 0 Å². The van der Waals surface area contributed by atoms with Gasteiger partial charge in [-0.25, -0.2) is 9.97 Å². The maximum Gasteiger partial charge on any atom is 0.138 e. The predicted octanol–water partition coefficient (Wildman–Crippen LogP) is 4.00. The number of aromatic nitrogens is 2. The van der Waals surface area contributed by atoms with Gasteiger partial charge in [0.15, 0.2) is 0 Å². The summed E-state index contributed by atoms with van der Waals surface area (Å²) >= 11 is 1.91. The van der Waals surface area contributed by atoms with Gasteiger partial charge in [-0.15, -0.1) is 11.3 Å². The number of hydrogen-bond acceptors (Lipinski definition) is 5. The molecule has 5 rings (SSSR count). The van der Waals surface area contributed by atoms with E-state index in [0.717, 1.165) is 5.82 Å². The summed E-state index contributed by atoms with van der Waals surface area (Å²) in [6.45, 7) is 2.54. The summed E-state index contributed by atoms with van der Waals surface area (Å²) in [5.74, 6) is 1.11. The fourth-order valence-corrected chi connectivity index (χ4v) is 6.20. The molecule has 2 fully saturated rings. The largest absolute Gasteiger partial charge is 0.365 e. The zero-order valence-corrected chi connectivity index (χ0v) is 15.1. The van der Waals surface area contributed by atoms with E-state index in [1.807, 2.05) is 11.3 Å². The molecule has 4 heterocycles. The molecule has 0 aromatic carbocycles. The van der Waals surface area contributed by atoms with Crippen LogP contribution in [0.1, 0.15) is 55.4 Å². The Morgan fingerprint density at radius 2 is 1.96 bits per heavy atom. The third-order valence-corrected chi connectivity index (χ3v) is 7.38. The molecular weight excluding hydrogens is 316 g/mol. The highest BCUT2D eigenvalue weighted by Gasteiger charge is 2.36. The Morgan fingerprint density at radius 3 is 2.96 bits per heavy atom. The van der Waals surface area contributed by atoms with E-state index in [2.05, 4.69) is 20.2 Å². The monoisotopic (exact) mass is 342 g/mol. The van der Waals surface area contributed by atoms with Crippen molar-refractivity contribution in [2.24, 2.45) is 0 Å². The molecular formula is C19H26N4S. The van der Waals surface area contributed by atoms with Gasteiger partial charge in [-0.3, -0.25) is 4.90 Å². The Hall–Kier alpha value is -1.20. The first kappa shape index (κ1) is 15.1. The van der Waals surface area contributed by atoms with Gasteiger partial charge in [0.05, 0.1) is 5.39 Å². The molecule has 0 spiro atoms. The second kappa shape index (κ2) is 6.26. The highest BCUT2D eigenvalue weighted by Crippen LogP contribution is 2.38. The number of anilines is 1. The molecule has 1 aliphatic carbocycles. The quantitative estimate of drug-likeness (QED) is 0.838. The summed E-state index contributed by atoms with van der Waals surface area (Å²) in [6, 6.07) is 1.27. The lowest BCUT2D eigenvalue weighted by atomic mass is 9.99. The predicted molar refractivity (Wildman–Crippen MR) is 99.9 cm³/mol. The van der Waals surface area contributed by atoms with Crippen molar-refractivity contribution in [3.05, 3.63) is 16.8 Å². The minimum absolute atomic E-state index is 0.560. The highest BCUT2D eigenvalue weighted by molar-refractivity contribution is 7.18. The zero-order valence-electron chi connectivity index (χ0n) is 14.3. The van der Waals surface area contributed by atoms with Crippen molar-refractivity contribution in [3.63, 3.8) is 0 Å². The molecule has 0 bridgehead atoms. The minimum Gasteiger partial charge on any atom is -0.365 e. The molecule has 0 amide bonds. The van der Waals surface area contributed by atoms with E-state index in [-0.39, 0.29) is 0 Å². The number of thiophene rings is 1. The van der Waals surface area contributed by atoms with Gasteiger partial charge in [0, 0.05) is 23.5 Å². The van der Waals surface area contributed by atoms with Crippen LogP contribution in [0.2, 0.25) is 0 Å². The second-order valence-corrected chi connectivity index (χ2v) is 8.69. The van der Waals surface area contributed by atoms with Crippen LogP contribution in [-0.2, 0) is 12.8 Å². The molecule has 2 aliphatic heterocycles. The maximum absolute atomic E-state index is 4.68. The summed E-state index contributed by atoms with van der Waals surface area (Å²) in [4.78, 5) is 14.7. The highest BCUT2D eigenvalue weighted by atomic mass is 32.1. The van der Waals surface area contributed by atoms with E-state index >= 15 is 0 Å². The van der Waals surface area contributed by atoms with Crippen LogP contribution in [0, 0.1) is 0 Å². The van der Waals surface area contributed by atoms with Crippen molar-refractivity contribution in [1.29, 1.82) is 0 Å². The van der Waals surface area contributed by atoms with Gasteiger partial charge in [-0.05, 0) is 57.1 Å². The van der Waals surface area contributed by atoms with Gasteiger partial charge >= 0.3 is 0 Å². The standard InChI is InChI=1S/C19H26N4S/c1-2-6-13-16(8-3-1)24-19-17(13)18(20-12-21-19)22-14-9-11-23-10-5-4-7-15(14)23/h12,14-15H,1-11H2,(H,20,21,22). The molecule has 2 aromatic heterocycles. The molecule has 2 atom stereocenters. The lowest BCUT2D eigenvalue weighted by molar-refractivity contribution is 0.192. The number of nitrogens with zero attached hydrogens (tertiary/aromatic N) is 3. The van der Waals surface area contributed by atoms with E-state index in [1.54, 1.807) is 16.8 Å². The molecule has 1 N–H and O–H groups in total. The van der Waals surface area contributed by atoms with E-state index < -0.39 is 0 Å². The fourth-order valence-electron chi connectivity index (χ4n) is 4.97. The molecule has 0 radical (unpaired) electrons. The summed E-state index contributed by atoms with van der Waals surface area (Å²) in [5, 5.41) is 5.19. The number of fused-ring (bicyclic) bond motifs is 4. The molecule has 3 aliphatic rings. The van der Waals surface area contributed by atoms with Gasteiger partial charge in [0.1, 0.15) is 17.0 Å². The molecule has 128 valence electrons. The van der Waals surface area contributed by atoms with Gasteiger partial charge in [-0.1, -0.05) is 12.8 Å². The SMILES string of the molecule is c1nc(NC2CCN3CCCCC23)c2c3c(sc2n1)CCCCC3. The molecule has 2 unspecified atom stereocenters. The number of piperidine rings is 1. The first-order valence-corrected chi connectivity index (χ1v) is 10.5. The lowest BCUT2D eigenvalue weighted by Crippen LogP contribution is -2.41. The van der Waals surface area contributed by atoms with Crippen molar-refractivity contribution in [2.45, 2.75) is 69.9 Å². The Labute approximate surface area is 147 Å².